The molecule has 0 saturated heterocycles. The number of rotatable bonds is 9. The van der Waals surface area contributed by atoms with E-state index in [1.807, 2.05) is 67.6 Å². The zero-order chi connectivity index (χ0) is 25.3. The topological polar surface area (TPSA) is 106 Å². The standard InChI is InChI=1S/C26H22ClN5O3S/c1-17-6-2-4-8-21(17)25(34)29-26-32-31-24(36-26)14-23(33)30-28-15-19-7-3-5-9-22(19)35-16-18-10-12-20(27)13-11-18/h2-13,15H,14,16H2,1H3,(H,30,33)(H,29,32,34)/b28-15-. The van der Waals surface area contributed by atoms with Crippen molar-refractivity contribution in [3.05, 3.63) is 105 Å². The molecule has 4 rings (SSSR count). The van der Waals surface area contributed by atoms with Gasteiger partial charge in [-0.25, -0.2) is 5.43 Å². The van der Waals surface area contributed by atoms with Gasteiger partial charge in [-0.05, 0) is 48.4 Å². The lowest BCUT2D eigenvalue weighted by Crippen LogP contribution is -2.19. The van der Waals surface area contributed by atoms with E-state index in [2.05, 4.69) is 26.0 Å². The quantitative estimate of drug-likeness (QED) is 0.238. The Morgan fingerprint density at radius 1 is 1.03 bits per heavy atom. The molecular weight excluding hydrogens is 498 g/mol. The molecule has 182 valence electrons. The van der Waals surface area contributed by atoms with Gasteiger partial charge in [-0.1, -0.05) is 65.4 Å². The Morgan fingerprint density at radius 2 is 1.78 bits per heavy atom. The van der Waals surface area contributed by atoms with Crippen LogP contribution in [-0.2, 0) is 17.8 Å². The molecule has 1 heterocycles. The fourth-order valence-corrected chi connectivity index (χ4v) is 4.04. The summed E-state index contributed by atoms with van der Waals surface area (Å²) in [4.78, 5) is 24.7. The average Bonchev–Trinajstić information content (AvgIpc) is 3.31. The van der Waals surface area contributed by atoms with Crippen molar-refractivity contribution >= 4 is 46.1 Å². The van der Waals surface area contributed by atoms with Gasteiger partial charge in [0.15, 0.2) is 0 Å². The molecule has 1 aromatic heterocycles. The predicted molar refractivity (Wildman–Crippen MR) is 141 cm³/mol. The summed E-state index contributed by atoms with van der Waals surface area (Å²) in [7, 11) is 0. The van der Waals surface area contributed by atoms with Crippen LogP contribution in [-0.4, -0.2) is 28.2 Å². The van der Waals surface area contributed by atoms with Gasteiger partial charge in [0.25, 0.3) is 5.91 Å². The fourth-order valence-electron chi connectivity index (χ4n) is 3.18. The van der Waals surface area contributed by atoms with Crippen molar-refractivity contribution in [2.75, 3.05) is 5.32 Å². The lowest BCUT2D eigenvalue weighted by molar-refractivity contribution is -0.120. The predicted octanol–water partition coefficient (Wildman–Crippen LogP) is 5.02. The van der Waals surface area contributed by atoms with Crippen molar-refractivity contribution < 1.29 is 14.3 Å². The Labute approximate surface area is 217 Å². The van der Waals surface area contributed by atoms with Gasteiger partial charge in [0.1, 0.15) is 17.4 Å². The number of benzene rings is 3. The molecule has 2 N–H and O–H groups in total. The number of amides is 2. The molecule has 2 amide bonds. The van der Waals surface area contributed by atoms with E-state index in [4.69, 9.17) is 16.3 Å². The van der Waals surface area contributed by atoms with E-state index < -0.39 is 0 Å². The maximum atomic E-state index is 12.4. The number of hydrazone groups is 1. The SMILES string of the molecule is Cc1ccccc1C(=O)Nc1nnc(CC(=O)N/N=C\c2ccccc2OCc2ccc(Cl)cc2)s1. The highest BCUT2D eigenvalue weighted by Crippen LogP contribution is 2.19. The van der Waals surface area contributed by atoms with Gasteiger partial charge in [-0.3, -0.25) is 14.9 Å². The summed E-state index contributed by atoms with van der Waals surface area (Å²) in [6, 6.07) is 22.0. The number of aromatic nitrogens is 2. The lowest BCUT2D eigenvalue weighted by atomic mass is 10.1. The second-order valence-corrected chi connectivity index (χ2v) is 9.19. The molecule has 3 aromatic carbocycles. The number of halogens is 1. The van der Waals surface area contributed by atoms with E-state index in [-0.39, 0.29) is 18.2 Å². The van der Waals surface area contributed by atoms with Crippen molar-refractivity contribution in [3.8, 4) is 5.75 Å². The Morgan fingerprint density at radius 3 is 2.58 bits per heavy atom. The van der Waals surface area contributed by atoms with E-state index >= 15 is 0 Å². The first-order valence-electron chi connectivity index (χ1n) is 11.0. The van der Waals surface area contributed by atoms with E-state index in [0.717, 1.165) is 22.5 Å². The van der Waals surface area contributed by atoms with Crippen molar-refractivity contribution in [2.24, 2.45) is 5.10 Å². The molecular formula is C26H22ClN5O3S. The number of nitrogens with one attached hydrogen (secondary N) is 2. The zero-order valence-electron chi connectivity index (χ0n) is 19.3. The summed E-state index contributed by atoms with van der Waals surface area (Å²) >= 11 is 7.05. The number of carbonyl (C=O) groups is 2. The minimum atomic E-state index is -0.362. The minimum absolute atomic E-state index is 0.0239. The highest BCUT2D eigenvalue weighted by atomic mass is 35.5. The summed E-state index contributed by atoms with van der Waals surface area (Å²) in [5, 5.41) is 16.1. The maximum Gasteiger partial charge on any atom is 0.257 e. The number of hydrogen-bond acceptors (Lipinski definition) is 7. The third-order valence-corrected chi connectivity index (χ3v) is 6.10. The van der Waals surface area contributed by atoms with E-state index in [0.29, 0.717) is 38.6 Å². The zero-order valence-corrected chi connectivity index (χ0v) is 20.8. The molecule has 10 heteroatoms. The fraction of sp³-hybridized carbons (Fsp3) is 0.115. The highest BCUT2D eigenvalue weighted by Gasteiger charge is 2.13. The van der Waals surface area contributed by atoms with Crippen LogP contribution in [0.2, 0.25) is 5.02 Å². The van der Waals surface area contributed by atoms with Gasteiger partial charge < -0.3 is 4.74 Å². The molecule has 0 spiro atoms. The van der Waals surface area contributed by atoms with Crippen LogP contribution in [0.4, 0.5) is 5.13 Å². The first-order valence-corrected chi connectivity index (χ1v) is 12.1. The van der Waals surface area contributed by atoms with Crippen LogP contribution in [0.5, 0.6) is 5.75 Å². The van der Waals surface area contributed by atoms with E-state index in [1.165, 1.54) is 6.21 Å². The molecule has 0 aliphatic carbocycles. The first-order chi connectivity index (χ1) is 17.5. The molecule has 8 nitrogen and oxygen atoms in total. The second-order valence-electron chi connectivity index (χ2n) is 7.69. The number of hydrogen-bond donors (Lipinski definition) is 2. The normalized spacial score (nSPS) is 10.8. The van der Waals surface area contributed by atoms with Gasteiger partial charge in [0.2, 0.25) is 11.0 Å². The van der Waals surface area contributed by atoms with Crippen LogP contribution in [0.1, 0.15) is 32.1 Å². The largest absolute Gasteiger partial charge is 0.488 e. The summed E-state index contributed by atoms with van der Waals surface area (Å²) in [5.74, 6) is -0.0100. The Balaban J connectivity index is 1.29. The molecule has 4 aromatic rings. The summed E-state index contributed by atoms with van der Waals surface area (Å²) in [6.45, 7) is 2.23. The molecule has 0 aliphatic heterocycles. The van der Waals surface area contributed by atoms with Gasteiger partial charge in [-0.2, -0.15) is 5.10 Å². The van der Waals surface area contributed by atoms with Crippen LogP contribution >= 0.6 is 22.9 Å². The molecule has 0 atom stereocenters. The summed E-state index contributed by atoms with van der Waals surface area (Å²) < 4.78 is 5.89. The van der Waals surface area contributed by atoms with Crippen LogP contribution in [0, 0.1) is 6.92 Å². The van der Waals surface area contributed by atoms with E-state index in [1.54, 1.807) is 12.1 Å². The average molecular weight is 520 g/mol. The van der Waals surface area contributed by atoms with Gasteiger partial charge in [0.05, 0.1) is 12.6 Å². The molecule has 0 fully saturated rings. The maximum absolute atomic E-state index is 12.4. The van der Waals surface area contributed by atoms with Crippen LogP contribution < -0.4 is 15.5 Å². The smallest absolute Gasteiger partial charge is 0.257 e. The number of nitrogens with zero attached hydrogens (tertiary/aromatic N) is 3. The van der Waals surface area contributed by atoms with Crippen molar-refractivity contribution in [2.45, 2.75) is 20.0 Å². The second kappa shape index (κ2) is 12.1. The van der Waals surface area contributed by atoms with Crippen LogP contribution in [0.15, 0.2) is 77.9 Å². The van der Waals surface area contributed by atoms with Crippen molar-refractivity contribution in [3.63, 3.8) is 0 Å². The van der Waals surface area contributed by atoms with Gasteiger partial charge in [0, 0.05) is 16.1 Å². The molecule has 0 unspecified atom stereocenters. The number of para-hydroxylation sites is 1. The van der Waals surface area contributed by atoms with E-state index in [9.17, 15) is 9.59 Å². The Hall–Kier alpha value is -4.08. The third kappa shape index (κ3) is 6.97. The summed E-state index contributed by atoms with van der Waals surface area (Å²) in [5.41, 5.74) is 5.58. The number of carbonyl (C=O) groups excluding carboxylic acids is 2. The molecule has 0 bridgehead atoms. The van der Waals surface area contributed by atoms with Crippen molar-refractivity contribution in [1.29, 1.82) is 0 Å². The van der Waals surface area contributed by atoms with Crippen LogP contribution in [0.25, 0.3) is 0 Å². The Kier molecular flexibility index (Phi) is 8.38. The lowest BCUT2D eigenvalue weighted by Gasteiger charge is -2.09. The van der Waals surface area contributed by atoms with Gasteiger partial charge >= 0.3 is 0 Å². The van der Waals surface area contributed by atoms with Gasteiger partial charge in [-0.15, -0.1) is 10.2 Å². The minimum Gasteiger partial charge on any atom is -0.488 e. The number of anilines is 1. The highest BCUT2D eigenvalue weighted by molar-refractivity contribution is 7.15. The number of aryl methyl sites for hydroxylation is 1. The molecule has 36 heavy (non-hydrogen) atoms. The van der Waals surface area contributed by atoms with Crippen LogP contribution in [0.3, 0.4) is 0 Å². The van der Waals surface area contributed by atoms with Crippen molar-refractivity contribution in [1.82, 2.24) is 15.6 Å². The third-order valence-electron chi connectivity index (χ3n) is 5.01. The summed E-state index contributed by atoms with van der Waals surface area (Å²) in [6.07, 6.45) is 1.49. The molecule has 0 radical (unpaired) electrons. The molecule has 0 saturated carbocycles. The first kappa shape index (κ1) is 25.0. The number of ether oxygens (including phenoxy) is 1. The monoisotopic (exact) mass is 519 g/mol. The Bertz CT molecular complexity index is 1390. The molecule has 0 aliphatic rings.